The van der Waals surface area contributed by atoms with E-state index in [0.717, 1.165) is 11.6 Å². The first-order valence-electron chi connectivity index (χ1n) is 9.23. The zero-order chi connectivity index (χ0) is 21.0. The normalized spacial score (nSPS) is 17.3. The largest absolute Gasteiger partial charge is 0.417 e. The van der Waals surface area contributed by atoms with E-state index in [2.05, 4.69) is 5.32 Å². The monoisotopic (exact) mass is 424 g/mol. The molecule has 2 aromatic carbocycles. The van der Waals surface area contributed by atoms with Crippen LogP contribution in [0.2, 0.25) is 5.02 Å². The highest BCUT2D eigenvalue weighted by molar-refractivity contribution is 6.32. The van der Waals surface area contributed by atoms with E-state index in [9.17, 15) is 22.8 Å². The second-order valence-corrected chi connectivity index (χ2v) is 7.29. The van der Waals surface area contributed by atoms with Gasteiger partial charge in [0.05, 0.1) is 10.6 Å². The highest BCUT2D eigenvalue weighted by Gasteiger charge is 2.35. The van der Waals surface area contributed by atoms with Crippen LogP contribution in [0, 0.1) is 0 Å². The van der Waals surface area contributed by atoms with Crippen LogP contribution < -0.4 is 5.32 Å². The van der Waals surface area contributed by atoms with Crippen molar-refractivity contribution in [1.82, 2.24) is 10.2 Å². The van der Waals surface area contributed by atoms with Crippen LogP contribution in [0.1, 0.15) is 36.0 Å². The molecule has 1 unspecified atom stereocenters. The standard InChI is InChI=1S/C21H20ClF3N2O2/c22-19-15(8-4-9-16(19)21(23,24)25)12-26-20(29)17-10-5-11-18(28)27(17)13-14-6-2-1-3-7-14/h1-4,6-9,17H,5,10-13H2,(H,26,29). The second-order valence-electron chi connectivity index (χ2n) is 6.91. The minimum absolute atomic E-state index is 0.114. The highest BCUT2D eigenvalue weighted by atomic mass is 35.5. The fraction of sp³-hybridized carbons (Fsp3) is 0.333. The minimum Gasteiger partial charge on any atom is -0.350 e. The topological polar surface area (TPSA) is 49.4 Å². The Kier molecular flexibility index (Phi) is 6.47. The van der Waals surface area contributed by atoms with Crippen LogP contribution in [0.5, 0.6) is 0 Å². The van der Waals surface area contributed by atoms with E-state index in [1.807, 2.05) is 30.3 Å². The molecule has 4 nitrogen and oxygen atoms in total. The smallest absolute Gasteiger partial charge is 0.350 e. The van der Waals surface area contributed by atoms with Crippen molar-refractivity contribution in [2.75, 3.05) is 0 Å². The Labute approximate surface area is 171 Å². The molecule has 8 heteroatoms. The summed E-state index contributed by atoms with van der Waals surface area (Å²) in [5.74, 6) is -0.514. The van der Waals surface area contributed by atoms with Gasteiger partial charge in [-0.15, -0.1) is 0 Å². The van der Waals surface area contributed by atoms with Crippen LogP contribution in [0.4, 0.5) is 13.2 Å². The highest BCUT2D eigenvalue weighted by Crippen LogP contribution is 2.36. The zero-order valence-electron chi connectivity index (χ0n) is 15.5. The molecule has 0 spiro atoms. The van der Waals surface area contributed by atoms with Gasteiger partial charge in [0.1, 0.15) is 6.04 Å². The molecular weight excluding hydrogens is 405 g/mol. The molecule has 1 fully saturated rings. The van der Waals surface area contributed by atoms with E-state index in [-0.39, 0.29) is 18.0 Å². The molecule has 0 aliphatic carbocycles. The maximum Gasteiger partial charge on any atom is 0.417 e. The Hall–Kier alpha value is -2.54. The number of hydrogen-bond acceptors (Lipinski definition) is 2. The number of likely N-dealkylation sites (tertiary alicyclic amines) is 1. The van der Waals surface area contributed by atoms with E-state index in [1.165, 1.54) is 17.0 Å². The van der Waals surface area contributed by atoms with Crippen molar-refractivity contribution in [3.05, 3.63) is 70.2 Å². The summed E-state index contributed by atoms with van der Waals surface area (Å²) >= 11 is 5.89. The third-order valence-corrected chi connectivity index (χ3v) is 5.35. The van der Waals surface area contributed by atoms with Crippen molar-refractivity contribution in [2.45, 2.75) is 44.6 Å². The second kappa shape index (κ2) is 8.86. The first-order valence-corrected chi connectivity index (χ1v) is 9.61. The van der Waals surface area contributed by atoms with Crippen molar-refractivity contribution in [3.8, 4) is 0 Å². The van der Waals surface area contributed by atoms with Gasteiger partial charge in [0.15, 0.2) is 0 Å². The lowest BCUT2D eigenvalue weighted by Gasteiger charge is -2.34. The maximum absolute atomic E-state index is 13.0. The lowest BCUT2D eigenvalue weighted by Crippen LogP contribution is -2.51. The van der Waals surface area contributed by atoms with Gasteiger partial charge in [-0.2, -0.15) is 13.2 Å². The quantitative estimate of drug-likeness (QED) is 0.765. The molecule has 2 amide bonds. The number of hydrogen-bond donors (Lipinski definition) is 1. The summed E-state index contributed by atoms with van der Waals surface area (Å²) in [6.07, 6.45) is -3.11. The molecule has 1 atom stereocenters. The third kappa shape index (κ3) is 5.09. The Morgan fingerprint density at radius 2 is 1.86 bits per heavy atom. The van der Waals surface area contributed by atoms with E-state index < -0.39 is 28.7 Å². The van der Waals surface area contributed by atoms with Gasteiger partial charge < -0.3 is 10.2 Å². The molecule has 29 heavy (non-hydrogen) atoms. The van der Waals surface area contributed by atoms with Crippen molar-refractivity contribution in [3.63, 3.8) is 0 Å². The van der Waals surface area contributed by atoms with Gasteiger partial charge >= 0.3 is 6.18 Å². The van der Waals surface area contributed by atoms with Crippen molar-refractivity contribution in [1.29, 1.82) is 0 Å². The Morgan fingerprint density at radius 3 is 2.55 bits per heavy atom. The van der Waals surface area contributed by atoms with E-state index in [1.54, 1.807) is 0 Å². The number of carbonyl (C=O) groups is 2. The van der Waals surface area contributed by atoms with Crippen molar-refractivity contribution in [2.24, 2.45) is 0 Å². The SMILES string of the molecule is O=C(NCc1cccc(C(F)(F)F)c1Cl)C1CCCC(=O)N1Cc1ccccc1. The van der Waals surface area contributed by atoms with Crippen molar-refractivity contribution < 1.29 is 22.8 Å². The number of piperidine rings is 1. The lowest BCUT2D eigenvalue weighted by atomic mass is 9.99. The first kappa shape index (κ1) is 21.2. The van der Waals surface area contributed by atoms with Crippen LogP contribution in [0.25, 0.3) is 0 Å². The Balaban J connectivity index is 1.71. The summed E-state index contributed by atoms with van der Waals surface area (Å²) in [5.41, 5.74) is 0.137. The number of benzene rings is 2. The van der Waals surface area contributed by atoms with Crippen LogP contribution in [0.3, 0.4) is 0 Å². The molecule has 1 aliphatic heterocycles. The predicted molar refractivity (Wildman–Crippen MR) is 103 cm³/mol. The third-order valence-electron chi connectivity index (χ3n) is 4.90. The van der Waals surface area contributed by atoms with Crippen LogP contribution in [-0.2, 0) is 28.9 Å². The summed E-state index contributed by atoms with van der Waals surface area (Å²) in [7, 11) is 0. The van der Waals surface area contributed by atoms with Gasteiger partial charge in [0.2, 0.25) is 11.8 Å². The molecule has 1 heterocycles. The van der Waals surface area contributed by atoms with E-state index >= 15 is 0 Å². The number of nitrogens with one attached hydrogen (secondary N) is 1. The number of rotatable bonds is 5. The number of carbonyl (C=O) groups excluding carboxylic acids is 2. The summed E-state index contributed by atoms with van der Waals surface area (Å²) in [5, 5.41) is 2.21. The molecule has 1 aliphatic rings. The Bertz CT molecular complexity index is 887. The first-order chi connectivity index (χ1) is 13.8. The summed E-state index contributed by atoms with van der Waals surface area (Å²) in [4.78, 5) is 26.7. The Morgan fingerprint density at radius 1 is 1.14 bits per heavy atom. The van der Waals surface area contributed by atoms with E-state index in [0.29, 0.717) is 25.8 Å². The molecular formula is C21H20ClF3N2O2. The van der Waals surface area contributed by atoms with Crippen LogP contribution in [-0.4, -0.2) is 22.8 Å². The predicted octanol–water partition coefficient (Wildman–Crippen LogP) is 4.56. The zero-order valence-corrected chi connectivity index (χ0v) is 16.3. The fourth-order valence-electron chi connectivity index (χ4n) is 3.41. The van der Waals surface area contributed by atoms with Gasteiger partial charge in [-0.25, -0.2) is 0 Å². The van der Waals surface area contributed by atoms with Crippen LogP contribution in [0.15, 0.2) is 48.5 Å². The van der Waals surface area contributed by atoms with Gasteiger partial charge in [-0.3, -0.25) is 9.59 Å². The number of halogens is 4. The average Bonchev–Trinajstić information content (AvgIpc) is 2.68. The molecule has 1 saturated heterocycles. The average molecular weight is 425 g/mol. The molecule has 0 radical (unpaired) electrons. The summed E-state index contributed by atoms with van der Waals surface area (Å²) in [6.45, 7) is 0.160. The maximum atomic E-state index is 13.0. The van der Waals surface area contributed by atoms with Gasteiger partial charge in [0, 0.05) is 19.5 Å². The molecule has 0 aromatic heterocycles. The van der Waals surface area contributed by atoms with E-state index in [4.69, 9.17) is 11.6 Å². The molecule has 1 N–H and O–H groups in total. The molecule has 0 bridgehead atoms. The number of alkyl halides is 3. The number of amides is 2. The van der Waals surface area contributed by atoms with Gasteiger partial charge in [0.25, 0.3) is 0 Å². The lowest BCUT2D eigenvalue weighted by molar-refractivity contribution is -0.144. The fourth-order valence-corrected chi connectivity index (χ4v) is 3.71. The number of nitrogens with zero attached hydrogens (tertiary/aromatic N) is 1. The van der Waals surface area contributed by atoms with Crippen molar-refractivity contribution >= 4 is 23.4 Å². The molecule has 3 rings (SSSR count). The van der Waals surface area contributed by atoms with Crippen LogP contribution >= 0.6 is 11.6 Å². The molecule has 0 saturated carbocycles. The van der Waals surface area contributed by atoms with Gasteiger partial charge in [-0.1, -0.05) is 54.1 Å². The molecule has 154 valence electrons. The molecule has 2 aromatic rings. The summed E-state index contributed by atoms with van der Waals surface area (Å²) in [6, 6.07) is 12.2. The minimum atomic E-state index is -4.57. The summed E-state index contributed by atoms with van der Waals surface area (Å²) < 4.78 is 39.0. The van der Waals surface area contributed by atoms with Gasteiger partial charge in [-0.05, 0) is 30.0 Å².